The second-order valence-corrected chi connectivity index (χ2v) is 6.06. The van der Waals surface area contributed by atoms with Crippen molar-refractivity contribution in [1.29, 1.82) is 0 Å². The maximum Gasteiger partial charge on any atom is 0.252 e. The fourth-order valence-corrected chi connectivity index (χ4v) is 2.88. The molecule has 0 atom stereocenters. The van der Waals surface area contributed by atoms with Crippen molar-refractivity contribution >= 4 is 17.9 Å². The molecule has 1 N–H and O–H groups in total. The van der Waals surface area contributed by atoms with Crippen molar-refractivity contribution in [3.63, 3.8) is 0 Å². The number of rotatable bonds is 5. The van der Waals surface area contributed by atoms with Crippen molar-refractivity contribution in [1.82, 2.24) is 14.3 Å². The number of aromatic nitrogens is 2. The van der Waals surface area contributed by atoms with Crippen LogP contribution in [0.3, 0.4) is 0 Å². The highest BCUT2D eigenvalue weighted by Gasteiger charge is 2.06. The third kappa shape index (κ3) is 3.86. The van der Waals surface area contributed by atoms with Crippen LogP contribution in [0.4, 0.5) is 0 Å². The van der Waals surface area contributed by atoms with Gasteiger partial charge in [0, 0.05) is 22.2 Å². The third-order valence-electron chi connectivity index (χ3n) is 3.31. The Balaban J connectivity index is 1.68. The lowest BCUT2D eigenvalue weighted by Gasteiger charge is -2.04. The quantitative estimate of drug-likeness (QED) is 0.727. The van der Waals surface area contributed by atoms with E-state index < -0.39 is 0 Å². The van der Waals surface area contributed by atoms with Crippen LogP contribution in [0.1, 0.15) is 10.4 Å². The van der Waals surface area contributed by atoms with Crippen LogP contribution in [0.15, 0.2) is 72.0 Å². The predicted molar refractivity (Wildman–Crippen MR) is 96.5 cm³/mol. The van der Waals surface area contributed by atoms with E-state index in [1.807, 2.05) is 52.6 Å². The lowest BCUT2D eigenvalue weighted by atomic mass is 10.2. The molecule has 0 saturated carbocycles. The van der Waals surface area contributed by atoms with Gasteiger partial charge in [-0.25, -0.2) is 4.98 Å². The number of carbonyl (C=O) groups is 1. The molecule has 118 valence electrons. The minimum Gasteiger partial charge on any atom is -0.341 e. The van der Waals surface area contributed by atoms with Gasteiger partial charge in [0.15, 0.2) is 0 Å². The Hall–Kier alpha value is -2.97. The third-order valence-corrected chi connectivity index (χ3v) is 4.20. The van der Waals surface area contributed by atoms with Gasteiger partial charge in [-0.3, -0.25) is 8.77 Å². The molecule has 1 aromatic heterocycles. The Bertz CT molecular complexity index is 864. The lowest BCUT2D eigenvalue weighted by molar-refractivity contribution is 0.0958. The number of nitrogens with one attached hydrogen (secondary N) is 1. The van der Waals surface area contributed by atoms with Crippen LogP contribution in [0, 0.1) is 12.3 Å². The summed E-state index contributed by atoms with van der Waals surface area (Å²) in [5.74, 6) is 2.21. The first kappa shape index (κ1) is 15.9. The van der Waals surface area contributed by atoms with E-state index in [4.69, 9.17) is 6.42 Å². The summed E-state index contributed by atoms with van der Waals surface area (Å²) in [6.45, 7) is 0.229. The smallest absolute Gasteiger partial charge is 0.252 e. The molecule has 2 aromatic carbocycles. The van der Waals surface area contributed by atoms with Gasteiger partial charge < -0.3 is 5.32 Å². The molecule has 0 spiro atoms. The van der Waals surface area contributed by atoms with E-state index in [9.17, 15) is 4.79 Å². The molecule has 0 aliphatic rings. The number of imidazole rings is 1. The van der Waals surface area contributed by atoms with Gasteiger partial charge in [-0.05, 0) is 36.2 Å². The zero-order valence-electron chi connectivity index (χ0n) is 12.8. The molecule has 0 saturated heterocycles. The average Bonchev–Trinajstić information content (AvgIpc) is 3.09. The van der Waals surface area contributed by atoms with Gasteiger partial charge >= 0.3 is 0 Å². The van der Waals surface area contributed by atoms with Crippen molar-refractivity contribution in [2.45, 2.75) is 4.90 Å². The average molecular weight is 333 g/mol. The monoisotopic (exact) mass is 333 g/mol. The molecule has 1 heterocycles. The van der Waals surface area contributed by atoms with Crippen LogP contribution in [0.5, 0.6) is 0 Å². The van der Waals surface area contributed by atoms with E-state index in [2.05, 4.69) is 16.2 Å². The maximum atomic E-state index is 11.8. The minimum atomic E-state index is -0.168. The molecular formula is C19H15N3OS. The van der Waals surface area contributed by atoms with E-state index in [1.54, 1.807) is 18.5 Å². The summed E-state index contributed by atoms with van der Waals surface area (Å²) < 4.78 is 1.94. The fourth-order valence-electron chi connectivity index (χ4n) is 2.14. The van der Waals surface area contributed by atoms with Gasteiger partial charge in [-0.1, -0.05) is 36.3 Å². The van der Waals surface area contributed by atoms with Crippen molar-refractivity contribution in [2.24, 2.45) is 0 Å². The Morgan fingerprint density at radius 2 is 1.92 bits per heavy atom. The Morgan fingerprint density at radius 1 is 1.17 bits per heavy atom. The number of amides is 1. The fraction of sp³-hybridized carbons (Fsp3) is 0.0526. The van der Waals surface area contributed by atoms with Crippen molar-refractivity contribution in [2.75, 3.05) is 6.54 Å². The molecule has 0 aliphatic carbocycles. The Morgan fingerprint density at radius 3 is 2.62 bits per heavy atom. The van der Waals surface area contributed by atoms with Crippen LogP contribution in [-0.4, -0.2) is 21.4 Å². The zero-order chi connectivity index (χ0) is 16.8. The number of hydrogen-bond donors (Lipinski definition) is 1. The SMILES string of the molecule is C#CCNC(=O)c1ccc(Sn2cnc(-c3ccccc3)c2)cc1. The number of benzene rings is 2. The summed E-state index contributed by atoms with van der Waals surface area (Å²) in [5.41, 5.74) is 2.59. The van der Waals surface area contributed by atoms with Crippen LogP contribution in [0.25, 0.3) is 11.3 Å². The summed E-state index contributed by atoms with van der Waals surface area (Å²) in [6, 6.07) is 17.4. The van der Waals surface area contributed by atoms with E-state index in [-0.39, 0.29) is 12.5 Å². The van der Waals surface area contributed by atoms with E-state index in [0.29, 0.717) is 5.56 Å². The standard InChI is InChI=1S/C19H15N3OS/c1-2-12-20-19(23)16-8-10-17(11-9-16)24-22-13-18(21-14-22)15-6-4-3-5-7-15/h1,3-11,13-14H,12H2,(H,20,23). The second-order valence-electron chi connectivity index (χ2n) is 4.99. The summed E-state index contributed by atoms with van der Waals surface area (Å²) in [7, 11) is 0. The summed E-state index contributed by atoms with van der Waals surface area (Å²) in [6.07, 6.45) is 8.89. The predicted octanol–water partition coefficient (Wildman–Crippen LogP) is 3.47. The molecular weight excluding hydrogens is 318 g/mol. The first-order valence-corrected chi connectivity index (χ1v) is 8.13. The molecule has 0 fully saturated rings. The van der Waals surface area contributed by atoms with Crippen molar-refractivity contribution < 1.29 is 4.79 Å². The van der Waals surface area contributed by atoms with Gasteiger partial charge in [0.25, 0.3) is 5.91 Å². The van der Waals surface area contributed by atoms with E-state index >= 15 is 0 Å². The van der Waals surface area contributed by atoms with E-state index in [1.165, 1.54) is 11.9 Å². The first-order chi connectivity index (χ1) is 11.8. The van der Waals surface area contributed by atoms with Crippen LogP contribution in [-0.2, 0) is 0 Å². The lowest BCUT2D eigenvalue weighted by Crippen LogP contribution is -2.23. The Kier molecular flexibility index (Phi) is 4.99. The van der Waals surface area contributed by atoms with Gasteiger partial charge in [0.05, 0.1) is 12.2 Å². The number of hydrogen-bond acceptors (Lipinski definition) is 3. The van der Waals surface area contributed by atoms with Crippen LogP contribution in [0.2, 0.25) is 0 Å². The molecule has 0 radical (unpaired) electrons. The molecule has 0 bridgehead atoms. The molecule has 3 rings (SSSR count). The normalized spacial score (nSPS) is 10.1. The highest BCUT2D eigenvalue weighted by atomic mass is 32.2. The van der Waals surface area contributed by atoms with Crippen molar-refractivity contribution in [3.05, 3.63) is 72.7 Å². The summed E-state index contributed by atoms with van der Waals surface area (Å²) in [5, 5.41) is 2.64. The molecule has 24 heavy (non-hydrogen) atoms. The molecule has 3 aromatic rings. The molecule has 1 amide bonds. The number of carbonyl (C=O) groups excluding carboxylic acids is 1. The second kappa shape index (κ2) is 7.53. The molecule has 0 aliphatic heterocycles. The van der Waals surface area contributed by atoms with Crippen LogP contribution >= 0.6 is 11.9 Å². The topological polar surface area (TPSA) is 46.9 Å². The van der Waals surface area contributed by atoms with E-state index in [0.717, 1.165) is 16.2 Å². The number of terminal acetylenes is 1. The minimum absolute atomic E-state index is 0.168. The largest absolute Gasteiger partial charge is 0.341 e. The molecule has 0 unspecified atom stereocenters. The molecule has 4 nitrogen and oxygen atoms in total. The molecule has 5 heteroatoms. The van der Waals surface area contributed by atoms with Crippen LogP contribution < -0.4 is 5.32 Å². The Labute approximate surface area is 145 Å². The summed E-state index contributed by atoms with van der Waals surface area (Å²) in [4.78, 5) is 17.2. The van der Waals surface area contributed by atoms with Crippen molar-refractivity contribution in [3.8, 4) is 23.6 Å². The maximum absolute atomic E-state index is 11.8. The zero-order valence-corrected chi connectivity index (χ0v) is 13.7. The highest BCUT2D eigenvalue weighted by Crippen LogP contribution is 2.24. The van der Waals surface area contributed by atoms with Gasteiger partial charge in [-0.15, -0.1) is 6.42 Å². The van der Waals surface area contributed by atoms with Gasteiger partial charge in [0.2, 0.25) is 0 Å². The van der Waals surface area contributed by atoms with Gasteiger partial charge in [0.1, 0.15) is 6.33 Å². The highest BCUT2D eigenvalue weighted by molar-refractivity contribution is 7.97. The van der Waals surface area contributed by atoms with Gasteiger partial charge in [-0.2, -0.15) is 0 Å². The summed E-state index contributed by atoms with van der Waals surface area (Å²) >= 11 is 1.53. The number of nitrogens with zero attached hydrogens (tertiary/aromatic N) is 2. The first-order valence-electron chi connectivity index (χ1n) is 7.36.